The molecule has 0 bridgehead atoms. The Morgan fingerprint density at radius 2 is 1.81 bits per heavy atom. The van der Waals surface area contributed by atoms with Crippen LogP contribution in [0.1, 0.15) is 20.9 Å². The lowest BCUT2D eigenvalue weighted by molar-refractivity contribution is 0.0954. The zero-order valence-electron chi connectivity index (χ0n) is 15.2. The van der Waals surface area contributed by atoms with Gasteiger partial charge in [0.1, 0.15) is 15.7 Å². The molecule has 0 radical (unpaired) electrons. The molecule has 0 aliphatic carbocycles. The molecule has 1 amide bonds. The van der Waals surface area contributed by atoms with Crippen LogP contribution in [-0.2, 0) is 6.54 Å². The Kier molecular flexibility index (Phi) is 5.71. The molecule has 0 saturated carbocycles. The standard InChI is InChI=1S/C20H19FN2O3S/c1-12-18(19(24)22-11-13-4-7-15(21)8-5-13)27-20(23-12)14-6-9-16(25-2)17(10-14)26-3/h4-10H,11H2,1-3H3,(H,22,24). The maximum Gasteiger partial charge on any atom is 0.263 e. The summed E-state index contributed by atoms with van der Waals surface area (Å²) in [5, 5.41) is 3.57. The molecule has 0 unspecified atom stereocenters. The summed E-state index contributed by atoms with van der Waals surface area (Å²) in [4.78, 5) is 17.6. The van der Waals surface area contributed by atoms with E-state index in [1.165, 1.54) is 23.5 Å². The number of carbonyl (C=O) groups excluding carboxylic acids is 1. The highest BCUT2D eigenvalue weighted by Gasteiger charge is 2.17. The summed E-state index contributed by atoms with van der Waals surface area (Å²) < 4.78 is 23.5. The van der Waals surface area contributed by atoms with Crippen molar-refractivity contribution in [3.63, 3.8) is 0 Å². The minimum absolute atomic E-state index is 0.207. The SMILES string of the molecule is COc1ccc(-c2nc(C)c(C(=O)NCc3ccc(F)cc3)s2)cc1OC. The Balaban J connectivity index is 1.77. The number of rotatable bonds is 6. The number of aromatic nitrogens is 1. The fourth-order valence-corrected chi connectivity index (χ4v) is 3.54. The van der Waals surface area contributed by atoms with E-state index in [-0.39, 0.29) is 11.7 Å². The smallest absolute Gasteiger partial charge is 0.263 e. The van der Waals surface area contributed by atoms with Crippen molar-refractivity contribution in [2.45, 2.75) is 13.5 Å². The Labute approximate surface area is 160 Å². The summed E-state index contributed by atoms with van der Waals surface area (Å²) in [6.45, 7) is 2.12. The van der Waals surface area contributed by atoms with Crippen molar-refractivity contribution in [2.24, 2.45) is 0 Å². The first-order valence-electron chi connectivity index (χ1n) is 8.24. The van der Waals surface area contributed by atoms with Crippen molar-refractivity contribution in [2.75, 3.05) is 14.2 Å². The van der Waals surface area contributed by atoms with Gasteiger partial charge in [0.25, 0.3) is 5.91 Å². The third kappa shape index (κ3) is 4.25. The van der Waals surface area contributed by atoms with Crippen molar-refractivity contribution >= 4 is 17.2 Å². The van der Waals surface area contributed by atoms with Crippen LogP contribution in [0.4, 0.5) is 4.39 Å². The molecule has 3 aromatic rings. The van der Waals surface area contributed by atoms with Gasteiger partial charge in [-0.2, -0.15) is 0 Å². The van der Waals surface area contributed by atoms with E-state index < -0.39 is 0 Å². The van der Waals surface area contributed by atoms with Crippen LogP contribution in [-0.4, -0.2) is 25.1 Å². The lowest BCUT2D eigenvalue weighted by Crippen LogP contribution is -2.22. The second kappa shape index (κ2) is 8.18. The van der Waals surface area contributed by atoms with Crippen LogP contribution in [0, 0.1) is 12.7 Å². The fourth-order valence-electron chi connectivity index (χ4n) is 2.56. The molecule has 3 rings (SSSR count). The first-order chi connectivity index (χ1) is 13.0. The molecule has 0 fully saturated rings. The molecule has 0 atom stereocenters. The van der Waals surface area contributed by atoms with Crippen LogP contribution in [0.5, 0.6) is 11.5 Å². The van der Waals surface area contributed by atoms with E-state index >= 15 is 0 Å². The van der Waals surface area contributed by atoms with Crippen molar-refractivity contribution in [1.82, 2.24) is 10.3 Å². The number of carbonyl (C=O) groups is 1. The van der Waals surface area contributed by atoms with Gasteiger partial charge in [-0.25, -0.2) is 9.37 Å². The zero-order chi connectivity index (χ0) is 19.4. The molecule has 140 valence electrons. The minimum atomic E-state index is -0.303. The number of methoxy groups -OCH3 is 2. The van der Waals surface area contributed by atoms with Gasteiger partial charge in [-0.1, -0.05) is 12.1 Å². The quantitative estimate of drug-likeness (QED) is 0.690. The molecular formula is C20H19FN2O3S. The summed E-state index contributed by atoms with van der Waals surface area (Å²) in [5.74, 6) is 0.723. The van der Waals surface area contributed by atoms with Gasteiger partial charge in [0.05, 0.1) is 19.9 Å². The fraction of sp³-hybridized carbons (Fsp3) is 0.200. The first kappa shape index (κ1) is 18.8. The zero-order valence-corrected chi connectivity index (χ0v) is 16.0. The van der Waals surface area contributed by atoms with Gasteiger partial charge in [-0.3, -0.25) is 4.79 Å². The topological polar surface area (TPSA) is 60.5 Å². The van der Waals surface area contributed by atoms with Gasteiger partial charge in [0.15, 0.2) is 11.5 Å². The molecule has 1 aromatic heterocycles. The number of ether oxygens (including phenoxy) is 2. The average Bonchev–Trinajstić information content (AvgIpc) is 3.08. The molecule has 7 heteroatoms. The Hall–Kier alpha value is -2.93. The van der Waals surface area contributed by atoms with Crippen LogP contribution in [0.2, 0.25) is 0 Å². The highest BCUT2D eigenvalue weighted by atomic mass is 32.1. The van der Waals surface area contributed by atoms with Crippen LogP contribution in [0.15, 0.2) is 42.5 Å². The van der Waals surface area contributed by atoms with Crippen LogP contribution in [0.3, 0.4) is 0 Å². The predicted molar refractivity (Wildman–Crippen MR) is 103 cm³/mol. The summed E-state index contributed by atoms with van der Waals surface area (Å²) >= 11 is 1.31. The second-order valence-corrected chi connectivity index (χ2v) is 6.81. The van der Waals surface area contributed by atoms with Crippen molar-refractivity contribution in [1.29, 1.82) is 0 Å². The van der Waals surface area contributed by atoms with E-state index in [2.05, 4.69) is 10.3 Å². The van der Waals surface area contributed by atoms with Crippen LogP contribution in [0.25, 0.3) is 10.6 Å². The number of thiazole rings is 1. The van der Waals surface area contributed by atoms with Crippen molar-refractivity contribution in [3.8, 4) is 22.1 Å². The lowest BCUT2D eigenvalue weighted by atomic mass is 10.2. The number of nitrogens with one attached hydrogen (secondary N) is 1. The number of halogens is 1. The molecule has 0 aliphatic rings. The minimum Gasteiger partial charge on any atom is -0.493 e. The highest BCUT2D eigenvalue weighted by molar-refractivity contribution is 7.17. The van der Waals surface area contributed by atoms with Gasteiger partial charge in [0, 0.05) is 12.1 Å². The van der Waals surface area contributed by atoms with Gasteiger partial charge in [-0.05, 0) is 42.8 Å². The van der Waals surface area contributed by atoms with Crippen LogP contribution >= 0.6 is 11.3 Å². The molecule has 0 aliphatic heterocycles. The van der Waals surface area contributed by atoms with E-state index in [1.54, 1.807) is 39.3 Å². The number of hydrogen-bond acceptors (Lipinski definition) is 5. The number of aryl methyl sites for hydroxylation is 1. The average molecular weight is 386 g/mol. The molecule has 1 N–H and O–H groups in total. The number of amides is 1. The molecule has 2 aromatic carbocycles. The van der Waals surface area contributed by atoms with Gasteiger partial charge < -0.3 is 14.8 Å². The third-order valence-corrected chi connectivity index (χ3v) is 5.20. The van der Waals surface area contributed by atoms with Gasteiger partial charge >= 0.3 is 0 Å². The van der Waals surface area contributed by atoms with Gasteiger partial charge in [0.2, 0.25) is 0 Å². The van der Waals surface area contributed by atoms with E-state index in [1.807, 2.05) is 12.1 Å². The Bertz CT molecular complexity index is 954. The second-order valence-electron chi connectivity index (χ2n) is 5.81. The van der Waals surface area contributed by atoms with Gasteiger partial charge in [-0.15, -0.1) is 11.3 Å². The summed E-state index contributed by atoms with van der Waals surface area (Å²) in [6.07, 6.45) is 0. The number of nitrogens with zero attached hydrogens (tertiary/aromatic N) is 1. The summed E-state index contributed by atoms with van der Waals surface area (Å²) in [7, 11) is 3.15. The van der Waals surface area contributed by atoms with E-state index in [9.17, 15) is 9.18 Å². The van der Waals surface area contributed by atoms with Crippen LogP contribution < -0.4 is 14.8 Å². The summed E-state index contributed by atoms with van der Waals surface area (Å²) in [5.41, 5.74) is 2.33. The monoisotopic (exact) mass is 386 g/mol. The highest BCUT2D eigenvalue weighted by Crippen LogP contribution is 2.34. The maximum atomic E-state index is 13.0. The van der Waals surface area contributed by atoms with E-state index in [0.717, 1.165) is 16.1 Å². The van der Waals surface area contributed by atoms with E-state index in [0.29, 0.717) is 28.6 Å². The third-order valence-electron chi connectivity index (χ3n) is 4.00. The molecule has 0 spiro atoms. The number of hydrogen-bond donors (Lipinski definition) is 1. The largest absolute Gasteiger partial charge is 0.493 e. The predicted octanol–water partition coefficient (Wildman–Crippen LogP) is 4.20. The lowest BCUT2D eigenvalue weighted by Gasteiger charge is -2.08. The normalized spacial score (nSPS) is 10.5. The maximum absolute atomic E-state index is 13.0. The molecule has 0 saturated heterocycles. The van der Waals surface area contributed by atoms with E-state index in [4.69, 9.17) is 9.47 Å². The Morgan fingerprint density at radius 3 is 2.48 bits per heavy atom. The first-order valence-corrected chi connectivity index (χ1v) is 9.06. The van der Waals surface area contributed by atoms with Crippen molar-refractivity contribution < 1.29 is 18.7 Å². The number of benzene rings is 2. The summed E-state index contributed by atoms with van der Waals surface area (Å²) in [6, 6.07) is 11.5. The Morgan fingerprint density at radius 1 is 1.11 bits per heavy atom. The molecular weight excluding hydrogens is 367 g/mol. The molecule has 5 nitrogen and oxygen atoms in total. The molecule has 1 heterocycles. The molecule has 27 heavy (non-hydrogen) atoms. The van der Waals surface area contributed by atoms with Crippen molar-refractivity contribution in [3.05, 3.63) is 64.4 Å².